The van der Waals surface area contributed by atoms with Gasteiger partial charge in [-0.3, -0.25) is 4.98 Å². The van der Waals surface area contributed by atoms with E-state index in [-0.39, 0.29) is 29.6 Å². The van der Waals surface area contributed by atoms with E-state index in [9.17, 15) is 4.91 Å². The normalized spacial score (nSPS) is 9.14. The van der Waals surface area contributed by atoms with Gasteiger partial charge in [-0.25, -0.2) is 10.4 Å². The van der Waals surface area contributed by atoms with Gasteiger partial charge in [-0.2, -0.15) is 0 Å². The number of nitroso groups, excluding NO2 is 1. The van der Waals surface area contributed by atoms with Gasteiger partial charge >= 0.3 is 29.6 Å². The van der Waals surface area contributed by atoms with Gasteiger partial charge in [-0.1, -0.05) is 12.1 Å². The van der Waals surface area contributed by atoms with E-state index in [0.29, 0.717) is 5.82 Å². The molecule has 6 heteroatoms. The minimum Gasteiger partial charge on any atom is -0.251 e. The smallest absolute Gasteiger partial charge is 0.251 e. The van der Waals surface area contributed by atoms with Crippen LogP contribution in [0.2, 0.25) is 0 Å². The topological polar surface area (TPSA) is 67.2 Å². The summed E-state index contributed by atoms with van der Waals surface area (Å²) in [6.45, 7) is 0. The Morgan fingerprint density at radius 3 is 2.64 bits per heavy atom. The molecule has 2 rings (SSSR count). The summed E-state index contributed by atoms with van der Waals surface area (Å²) >= 11 is 0. The van der Waals surface area contributed by atoms with Crippen LogP contribution in [0.4, 0.5) is 5.82 Å². The number of hydrogen-bond acceptors (Lipinski definition) is 4. The molecule has 0 saturated heterocycles. The first-order valence-corrected chi connectivity index (χ1v) is 3.70. The van der Waals surface area contributed by atoms with Crippen molar-refractivity contribution in [2.24, 2.45) is 5.29 Å². The molecule has 64 valence electrons. The Morgan fingerprint density at radius 2 is 1.93 bits per heavy atom. The van der Waals surface area contributed by atoms with Gasteiger partial charge in [0.15, 0.2) is 5.82 Å². The van der Waals surface area contributed by atoms with Crippen molar-refractivity contribution < 1.29 is 29.6 Å². The van der Waals surface area contributed by atoms with Crippen LogP contribution in [0.3, 0.4) is 0 Å². The number of rotatable bonds is 2. The first-order chi connectivity index (χ1) is 6.40. The standard InChI is InChI=1S/C8H6N4O.Na/c13-12-11-8-5-9-6-3-1-2-4-7(6)10-8;/h1-5H,(H,10,11,13);/q;+1. The molecule has 0 bridgehead atoms. The predicted molar refractivity (Wildman–Crippen MR) is 49.0 cm³/mol. The van der Waals surface area contributed by atoms with Gasteiger partial charge in [0.1, 0.15) is 0 Å². The van der Waals surface area contributed by atoms with Crippen LogP contribution in [0.1, 0.15) is 0 Å². The largest absolute Gasteiger partial charge is 1.00 e. The van der Waals surface area contributed by atoms with E-state index in [0.717, 1.165) is 11.0 Å². The second-order valence-corrected chi connectivity index (χ2v) is 2.45. The average Bonchev–Trinajstić information content (AvgIpc) is 2.18. The SMILES string of the molecule is O=NNc1cnc2ccccc2n1.[Na+]. The number of nitrogens with one attached hydrogen (secondary N) is 1. The zero-order valence-electron chi connectivity index (χ0n) is 7.64. The van der Waals surface area contributed by atoms with E-state index in [1.807, 2.05) is 24.3 Å². The van der Waals surface area contributed by atoms with Gasteiger partial charge in [-0.15, -0.1) is 4.91 Å². The Kier molecular flexibility index (Phi) is 3.94. The third-order valence-corrected chi connectivity index (χ3v) is 1.61. The van der Waals surface area contributed by atoms with Crippen molar-refractivity contribution in [3.63, 3.8) is 0 Å². The van der Waals surface area contributed by atoms with E-state index >= 15 is 0 Å². The van der Waals surface area contributed by atoms with Crippen molar-refractivity contribution in [1.82, 2.24) is 9.97 Å². The summed E-state index contributed by atoms with van der Waals surface area (Å²) < 4.78 is 0. The second-order valence-electron chi connectivity index (χ2n) is 2.45. The van der Waals surface area contributed by atoms with Crippen LogP contribution in [0, 0.1) is 4.91 Å². The van der Waals surface area contributed by atoms with Crippen molar-refractivity contribution in [3.05, 3.63) is 35.4 Å². The number of benzene rings is 1. The van der Waals surface area contributed by atoms with Crippen molar-refractivity contribution in [1.29, 1.82) is 0 Å². The first kappa shape index (κ1) is 11.0. The first-order valence-electron chi connectivity index (χ1n) is 3.70. The molecule has 0 aliphatic carbocycles. The van der Waals surface area contributed by atoms with Gasteiger partial charge in [0, 0.05) is 0 Å². The van der Waals surface area contributed by atoms with Gasteiger partial charge in [0.25, 0.3) is 0 Å². The summed E-state index contributed by atoms with van der Waals surface area (Å²) in [6.07, 6.45) is 1.46. The van der Waals surface area contributed by atoms with E-state index in [2.05, 4.69) is 20.7 Å². The molecule has 1 aromatic heterocycles. The molecule has 0 aliphatic heterocycles. The molecule has 0 unspecified atom stereocenters. The van der Waals surface area contributed by atoms with Crippen molar-refractivity contribution in [3.8, 4) is 0 Å². The fourth-order valence-corrected chi connectivity index (χ4v) is 1.06. The second kappa shape index (κ2) is 4.99. The van der Waals surface area contributed by atoms with Crippen molar-refractivity contribution >= 4 is 16.9 Å². The number of para-hydroxylation sites is 2. The number of nitrogens with zero attached hydrogens (tertiary/aromatic N) is 3. The van der Waals surface area contributed by atoms with Gasteiger partial charge in [0.05, 0.1) is 22.5 Å². The fourth-order valence-electron chi connectivity index (χ4n) is 1.06. The van der Waals surface area contributed by atoms with Crippen LogP contribution in [0.15, 0.2) is 35.7 Å². The molecular weight excluding hydrogens is 191 g/mol. The van der Waals surface area contributed by atoms with E-state index < -0.39 is 0 Å². The molecule has 2 aromatic rings. The number of hydrogen-bond donors (Lipinski definition) is 1. The summed E-state index contributed by atoms with van der Waals surface area (Å²) in [7, 11) is 0. The Balaban J connectivity index is 0.000000980. The average molecular weight is 197 g/mol. The molecule has 0 amide bonds. The summed E-state index contributed by atoms with van der Waals surface area (Å²) in [5.41, 5.74) is 3.72. The predicted octanol–water partition coefficient (Wildman–Crippen LogP) is -1.27. The van der Waals surface area contributed by atoms with Gasteiger partial charge in [-0.05, 0) is 12.1 Å². The molecule has 1 aromatic carbocycles. The molecule has 0 aliphatic rings. The number of fused-ring (bicyclic) bond motifs is 1. The minimum atomic E-state index is 0. The molecular formula is C8H6N4NaO+. The molecule has 1 heterocycles. The zero-order valence-corrected chi connectivity index (χ0v) is 9.64. The Bertz CT molecular complexity index is 448. The van der Waals surface area contributed by atoms with Gasteiger partial charge < -0.3 is 0 Å². The van der Waals surface area contributed by atoms with Crippen LogP contribution in [0.25, 0.3) is 11.0 Å². The maximum atomic E-state index is 9.88. The maximum absolute atomic E-state index is 9.88. The third kappa shape index (κ3) is 2.25. The Morgan fingerprint density at radius 1 is 1.21 bits per heavy atom. The minimum absolute atomic E-state index is 0. The van der Waals surface area contributed by atoms with E-state index in [1.165, 1.54) is 6.20 Å². The molecule has 0 spiro atoms. The van der Waals surface area contributed by atoms with Crippen LogP contribution in [0.5, 0.6) is 0 Å². The van der Waals surface area contributed by atoms with Crippen LogP contribution < -0.4 is 35.0 Å². The molecule has 0 atom stereocenters. The molecule has 0 saturated carbocycles. The molecule has 0 fully saturated rings. The van der Waals surface area contributed by atoms with E-state index in [1.54, 1.807) is 0 Å². The van der Waals surface area contributed by atoms with Crippen molar-refractivity contribution in [2.45, 2.75) is 0 Å². The monoisotopic (exact) mass is 197 g/mol. The maximum Gasteiger partial charge on any atom is 1.00 e. The zero-order chi connectivity index (χ0) is 9.10. The molecule has 5 nitrogen and oxygen atoms in total. The molecule has 0 radical (unpaired) electrons. The molecule has 1 N–H and O–H groups in total. The summed E-state index contributed by atoms with van der Waals surface area (Å²) in [6, 6.07) is 7.40. The quantitative estimate of drug-likeness (QED) is 0.370. The van der Waals surface area contributed by atoms with Gasteiger partial charge in [0.2, 0.25) is 0 Å². The Labute approximate surface area is 102 Å². The summed E-state index contributed by atoms with van der Waals surface area (Å²) in [4.78, 5) is 18.1. The third-order valence-electron chi connectivity index (χ3n) is 1.61. The van der Waals surface area contributed by atoms with Crippen LogP contribution >= 0.6 is 0 Å². The number of anilines is 1. The fraction of sp³-hybridized carbons (Fsp3) is 0. The summed E-state index contributed by atoms with van der Waals surface area (Å²) in [5, 5.41) is 2.51. The van der Waals surface area contributed by atoms with Crippen LogP contribution in [-0.2, 0) is 0 Å². The van der Waals surface area contributed by atoms with E-state index in [4.69, 9.17) is 0 Å². The van der Waals surface area contributed by atoms with Crippen molar-refractivity contribution in [2.75, 3.05) is 5.43 Å². The Hall–Kier alpha value is -1.04. The number of aromatic nitrogens is 2. The van der Waals surface area contributed by atoms with Crippen LogP contribution in [-0.4, -0.2) is 9.97 Å². The summed E-state index contributed by atoms with van der Waals surface area (Å²) in [5.74, 6) is 0.355. The molecule has 14 heavy (non-hydrogen) atoms.